The minimum absolute atomic E-state index is 0.0160. The molecule has 7 aromatic heterocycles. The Hall–Kier alpha value is -8.79. The van der Waals surface area contributed by atoms with Gasteiger partial charge in [0.25, 0.3) is 17.7 Å². The minimum Gasteiger partial charge on any atom is -0.486 e. The molecule has 9 aromatic rings. The Morgan fingerprint density at radius 3 is 2.13 bits per heavy atom. The van der Waals surface area contributed by atoms with Crippen LogP contribution in [-0.4, -0.2) is 158 Å². The smallest absolute Gasteiger partial charge is 0.306 e. The molecule has 101 heavy (non-hydrogen) atoms. The second-order valence-electron chi connectivity index (χ2n) is 25.7. The van der Waals surface area contributed by atoms with Crippen LogP contribution in [0.2, 0.25) is 0 Å². The SMILES string of the molecule is Cc1sc2nc1C(=O)C[C@@H]([C@H](O)c1ccccc1)c1nc(cs1)C(=O)N[C@@H](Cc1ccc(OCC(=O)CCCN3CCCC3)cc1)C(=O)N1C[C@H](O)[C@H](C)[C@H]1c1nc(cs1)-c1nc(cs1)-c1nc(-c3nc(C(=O)NC4CCC(C(=O)O)CC4)cs3)ccc1-c1nc(cs1)C(=O)N[C@H]2CC(N)=O. The Morgan fingerprint density at radius 2 is 1.38 bits per heavy atom. The Labute approximate surface area is 603 Å². The Balaban J connectivity index is 0.850. The lowest BCUT2D eigenvalue weighted by Crippen LogP contribution is -2.50. The fourth-order valence-electron chi connectivity index (χ4n) is 13.1. The normalized spacial score (nSPS) is 21.7. The molecule has 3 fully saturated rings. The first-order chi connectivity index (χ1) is 48.8. The number of ether oxygens (including phenoxy) is 1. The molecule has 1 saturated carbocycles. The number of likely N-dealkylation sites (tertiary alicyclic amines) is 1. The van der Waals surface area contributed by atoms with E-state index in [9.17, 15) is 48.9 Å². The number of aliphatic carboxylic acids is 1. The van der Waals surface area contributed by atoms with Crippen LogP contribution in [-0.2, 0) is 25.6 Å². The van der Waals surface area contributed by atoms with Gasteiger partial charge in [-0.2, -0.15) is 0 Å². The number of pyridine rings is 1. The van der Waals surface area contributed by atoms with Crippen LogP contribution in [0.3, 0.4) is 0 Å². The molecule has 0 spiro atoms. The molecule has 25 nitrogen and oxygen atoms in total. The standard InChI is InChI=1S/C70H71N13O12S6/c1-35-54(86)28-83-58(35)68-80-52(34-100-68)66-76-48(30-98-66)57-43(20-21-45(73-57)65-79-49(33-99-65)60(89)72-40-16-14-39(15-17-40)70(93)94)63-77-50(31-96-63)61(90)74-46(27-55(71)87)67-81-56(36(2)101-67)53(85)26-44(59(88)38-9-4-3-5-10-38)64-78-51(32-97-64)62(91)75-47(69(83)92)25-37-12-18-42(19-13-37)95-29-41(84)11-8-24-82-22-6-7-23-82/h3-5,9-10,12-13,18-21,30-35,39-40,44,46-47,54,58-59,86,88H,6-8,11,14-17,22-29H2,1-2H3,(H2,71,87)(H,72,89)(H,74,90)(H,75,91)(H,93,94)/t35-,39?,40?,44-,46-,47-,54-,58-,59+/m0/s1. The lowest BCUT2D eigenvalue weighted by atomic mass is 9.86. The molecule has 0 radical (unpaired) electrons. The van der Waals surface area contributed by atoms with Gasteiger partial charge < -0.3 is 51.5 Å². The Bertz CT molecular complexity index is 4550. The molecule has 31 heteroatoms. The topological polar surface area (TPSA) is 365 Å². The summed E-state index contributed by atoms with van der Waals surface area (Å²) in [4.78, 5) is 149. The zero-order valence-corrected chi connectivity index (χ0v) is 59.7. The number of primary amides is 1. The van der Waals surface area contributed by atoms with Crippen molar-refractivity contribution in [2.75, 3.05) is 32.8 Å². The van der Waals surface area contributed by atoms with Gasteiger partial charge in [0.15, 0.2) is 11.6 Å². The number of aryl methyl sites for hydroxylation is 1. The van der Waals surface area contributed by atoms with Gasteiger partial charge in [0.1, 0.15) is 83.3 Å². The number of fused-ring (bicyclic) bond motifs is 16. The van der Waals surface area contributed by atoms with Crippen molar-refractivity contribution in [1.82, 2.24) is 60.6 Å². The van der Waals surface area contributed by atoms with Crippen LogP contribution < -0.4 is 26.4 Å². The van der Waals surface area contributed by atoms with E-state index in [0.717, 1.165) is 60.1 Å². The number of benzene rings is 2. The van der Waals surface area contributed by atoms with E-state index in [1.807, 2.05) is 12.3 Å². The summed E-state index contributed by atoms with van der Waals surface area (Å²) in [5.41, 5.74) is 9.02. The molecule has 2 aromatic carbocycles. The van der Waals surface area contributed by atoms with Crippen molar-refractivity contribution >= 4 is 115 Å². The van der Waals surface area contributed by atoms with Crippen LogP contribution in [0.5, 0.6) is 5.75 Å². The lowest BCUT2D eigenvalue weighted by molar-refractivity contribution is -0.143. The van der Waals surface area contributed by atoms with Crippen LogP contribution in [0, 0.1) is 18.8 Å². The number of carbonyl (C=O) groups excluding carboxylic acids is 7. The Morgan fingerprint density at radius 1 is 0.713 bits per heavy atom. The molecule has 0 unspecified atom stereocenters. The number of ketones is 2. The summed E-state index contributed by atoms with van der Waals surface area (Å²) in [6.45, 7) is 6.28. The first-order valence-electron chi connectivity index (χ1n) is 33.2. The van der Waals surface area contributed by atoms with Crippen molar-refractivity contribution in [3.8, 4) is 49.1 Å². The van der Waals surface area contributed by atoms with E-state index in [1.54, 1.807) is 89.8 Å². The van der Waals surface area contributed by atoms with E-state index in [-0.39, 0.29) is 70.6 Å². The number of amides is 5. The third kappa shape index (κ3) is 16.3. The molecule has 10 bridgehead atoms. The molecule has 3 aliphatic heterocycles. The van der Waals surface area contributed by atoms with E-state index in [4.69, 9.17) is 40.4 Å². The number of nitrogens with zero attached hydrogens (tertiary/aromatic N) is 9. The average Bonchev–Trinajstić information content (AvgIpc) is 1.66. The average molecular weight is 1480 g/mol. The number of aromatic nitrogens is 7. The predicted octanol–water partition coefficient (Wildman–Crippen LogP) is 9.67. The molecule has 10 heterocycles. The number of hydrogen-bond donors (Lipinski definition) is 7. The first kappa shape index (κ1) is 70.6. The highest BCUT2D eigenvalue weighted by Crippen LogP contribution is 2.44. The van der Waals surface area contributed by atoms with E-state index in [1.165, 1.54) is 57.1 Å². The molecule has 7 atom stereocenters. The van der Waals surface area contributed by atoms with Gasteiger partial charge in [-0.1, -0.05) is 49.4 Å². The third-order valence-corrected chi connectivity index (χ3v) is 24.2. The largest absolute Gasteiger partial charge is 0.486 e. The van der Waals surface area contributed by atoms with Crippen LogP contribution in [0.25, 0.3) is 43.4 Å². The van der Waals surface area contributed by atoms with Gasteiger partial charge in [0.2, 0.25) is 11.8 Å². The van der Waals surface area contributed by atoms with Crippen LogP contribution in [0.1, 0.15) is 168 Å². The lowest BCUT2D eigenvalue weighted by Gasteiger charge is -2.29. The van der Waals surface area contributed by atoms with E-state index < -0.39 is 95.8 Å². The second-order valence-corrected chi connectivity index (χ2v) is 31.3. The van der Waals surface area contributed by atoms with Gasteiger partial charge in [0, 0.05) is 81.0 Å². The summed E-state index contributed by atoms with van der Waals surface area (Å²) in [5, 5.41) is 52.7. The molecule has 2 saturated heterocycles. The monoisotopic (exact) mass is 1480 g/mol. The number of aliphatic hydroxyl groups excluding tert-OH is 2. The van der Waals surface area contributed by atoms with Gasteiger partial charge in [-0.25, -0.2) is 34.9 Å². The summed E-state index contributed by atoms with van der Waals surface area (Å²) in [6.07, 6.45) is 2.34. The number of carboxylic acid groups (broad SMARTS) is 1. The molecule has 4 aliphatic rings. The maximum Gasteiger partial charge on any atom is 0.306 e. The van der Waals surface area contributed by atoms with Crippen molar-refractivity contribution < 1.29 is 58.4 Å². The van der Waals surface area contributed by atoms with Gasteiger partial charge in [-0.05, 0) is 107 Å². The summed E-state index contributed by atoms with van der Waals surface area (Å²) in [6, 6.07) is 15.7. The maximum absolute atomic E-state index is 15.5. The molecule has 13 rings (SSSR count). The molecule has 5 amide bonds. The van der Waals surface area contributed by atoms with Crippen molar-refractivity contribution in [3.63, 3.8) is 0 Å². The minimum atomic E-state index is -1.32. The number of rotatable bonds is 17. The fraction of sp³-hybridized carbons (Fsp3) is 0.386. The molecule has 524 valence electrons. The van der Waals surface area contributed by atoms with Gasteiger partial charge in [0.05, 0.1) is 47.3 Å². The van der Waals surface area contributed by atoms with Crippen molar-refractivity contribution in [1.29, 1.82) is 0 Å². The zero-order chi connectivity index (χ0) is 70.6. The zero-order valence-electron chi connectivity index (χ0n) is 54.8. The van der Waals surface area contributed by atoms with Gasteiger partial charge in [-0.3, -0.25) is 38.4 Å². The highest BCUT2D eigenvalue weighted by molar-refractivity contribution is 7.15. The van der Waals surface area contributed by atoms with E-state index in [2.05, 4.69) is 25.8 Å². The number of nitrogens with one attached hydrogen (secondary N) is 3. The summed E-state index contributed by atoms with van der Waals surface area (Å²) in [5.74, 6) is -6.05. The van der Waals surface area contributed by atoms with Crippen molar-refractivity contribution in [2.24, 2.45) is 17.6 Å². The maximum atomic E-state index is 15.5. The first-order valence-corrected chi connectivity index (χ1v) is 38.4. The number of thiazole rings is 6. The van der Waals surface area contributed by atoms with Crippen molar-refractivity contribution in [3.05, 3.63) is 147 Å². The highest BCUT2D eigenvalue weighted by atomic mass is 32.1. The van der Waals surface area contributed by atoms with Crippen molar-refractivity contribution in [2.45, 2.75) is 127 Å². The number of Topliss-reactive ketones (excluding diaryl/α,β-unsaturated/α-hetero) is 2. The number of nitrogens with two attached hydrogens (primary N) is 1. The third-order valence-electron chi connectivity index (χ3n) is 18.7. The van der Waals surface area contributed by atoms with E-state index >= 15 is 4.79 Å². The van der Waals surface area contributed by atoms with Gasteiger partial charge >= 0.3 is 5.97 Å². The quantitative estimate of drug-likeness (QED) is 0.0446. The number of carboxylic acids is 1. The highest BCUT2D eigenvalue weighted by Gasteiger charge is 2.46. The summed E-state index contributed by atoms with van der Waals surface area (Å²) < 4.78 is 5.92. The molecular formula is C70H71N13O12S6. The summed E-state index contributed by atoms with van der Waals surface area (Å²) in [7, 11) is 0. The van der Waals surface area contributed by atoms with Crippen LogP contribution >= 0.6 is 68.0 Å². The van der Waals surface area contributed by atoms with E-state index in [0.29, 0.717) is 102 Å². The van der Waals surface area contributed by atoms with Crippen LogP contribution in [0.15, 0.2) is 93.6 Å². The number of carbonyl (C=O) groups is 8. The summed E-state index contributed by atoms with van der Waals surface area (Å²) >= 11 is 7.03. The molecule has 1 aliphatic carbocycles. The molecule has 8 N–H and O–H groups in total. The van der Waals surface area contributed by atoms with Gasteiger partial charge in [-0.15, -0.1) is 68.0 Å². The predicted molar refractivity (Wildman–Crippen MR) is 382 cm³/mol. The fourth-order valence-corrected chi connectivity index (χ4v) is 18.5. The molecular weight excluding hydrogens is 1410 g/mol. The van der Waals surface area contributed by atoms with Crippen LogP contribution in [0.4, 0.5) is 0 Å². The second kappa shape index (κ2) is 31.2. The Kier molecular flexibility index (Phi) is 21.8. The number of aliphatic hydroxyl groups is 2. The number of hydrogen-bond acceptors (Lipinski definition) is 25.